The Morgan fingerprint density at radius 1 is 1.35 bits per heavy atom. The molecule has 0 aliphatic carbocycles. The molecule has 1 rings (SSSR count). The lowest BCUT2D eigenvalue weighted by atomic mass is 10.1. The van der Waals surface area contributed by atoms with Gasteiger partial charge in [0.05, 0.1) is 5.56 Å². The number of hydrogen-bond donors (Lipinski definition) is 2. The number of esters is 1. The lowest BCUT2D eigenvalue weighted by Crippen LogP contribution is -2.25. The molecule has 0 saturated carbocycles. The summed E-state index contributed by atoms with van der Waals surface area (Å²) in [5.74, 6) is -1.65. The van der Waals surface area contributed by atoms with Gasteiger partial charge in [-0.25, -0.2) is 0 Å². The topological polar surface area (TPSA) is 92.7 Å². The Morgan fingerprint density at radius 3 is 2.65 bits per heavy atom. The van der Waals surface area contributed by atoms with Crippen LogP contribution in [0.5, 0.6) is 11.5 Å². The molecule has 2 N–H and O–H groups in total. The van der Waals surface area contributed by atoms with Gasteiger partial charge in [0, 0.05) is 19.9 Å². The van der Waals surface area contributed by atoms with E-state index in [1.807, 2.05) is 0 Å². The summed E-state index contributed by atoms with van der Waals surface area (Å²) in [5, 5.41) is 11.7. The molecule has 0 aromatic heterocycles. The number of carbonyl (C=O) groups excluding carboxylic acids is 3. The van der Waals surface area contributed by atoms with E-state index >= 15 is 0 Å². The highest BCUT2D eigenvalue weighted by Crippen LogP contribution is 2.30. The summed E-state index contributed by atoms with van der Waals surface area (Å²) >= 11 is 5.17. The molecule has 0 aliphatic rings. The lowest BCUT2D eigenvalue weighted by Gasteiger charge is -2.10. The fraction of sp³-hybridized carbons (Fsp3) is 0.308. The van der Waals surface area contributed by atoms with Crippen LogP contribution in [0.4, 0.5) is 0 Å². The number of nitrogens with one attached hydrogen (secondary N) is 1. The zero-order valence-electron chi connectivity index (χ0n) is 10.8. The SMILES string of the molecule is CC(=O)Oc1c(O)cccc1C(=O)NCCCC(=O)Cl. The Balaban J connectivity index is 2.74. The quantitative estimate of drug-likeness (QED) is 0.360. The van der Waals surface area contributed by atoms with Crippen LogP contribution < -0.4 is 10.1 Å². The van der Waals surface area contributed by atoms with Crippen molar-refractivity contribution in [1.82, 2.24) is 5.32 Å². The van der Waals surface area contributed by atoms with Crippen molar-refractivity contribution in [3.8, 4) is 11.5 Å². The molecular weight excluding hydrogens is 286 g/mol. The Bertz CT molecular complexity index is 529. The van der Waals surface area contributed by atoms with E-state index in [-0.39, 0.29) is 30.0 Å². The molecule has 1 aromatic carbocycles. The number of halogens is 1. The van der Waals surface area contributed by atoms with Gasteiger partial charge in [-0.05, 0) is 30.2 Å². The fourth-order valence-electron chi connectivity index (χ4n) is 1.48. The van der Waals surface area contributed by atoms with Crippen LogP contribution in [-0.4, -0.2) is 28.8 Å². The van der Waals surface area contributed by atoms with E-state index in [1.165, 1.54) is 25.1 Å². The van der Waals surface area contributed by atoms with Crippen molar-refractivity contribution < 1.29 is 24.2 Å². The van der Waals surface area contributed by atoms with Crippen LogP contribution in [0.15, 0.2) is 18.2 Å². The number of phenolic OH excluding ortho intramolecular Hbond substituents is 1. The number of hydrogen-bond acceptors (Lipinski definition) is 5. The Hall–Kier alpha value is -2.08. The van der Waals surface area contributed by atoms with Crippen molar-refractivity contribution >= 4 is 28.7 Å². The van der Waals surface area contributed by atoms with Crippen LogP contribution in [0, 0.1) is 0 Å². The number of phenols is 1. The standard InChI is InChI=1S/C13H14ClNO5/c1-8(16)20-12-9(4-2-5-10(12)17)13(19)15-7-3-6-11(14)18/h2,4-5,17H,3,6-7H2,1H3,(H,15,19). The number of carbonyl (C=O) groups is 3. The number of aromatic hydroxyl groups is 1. The predicted molar refractivity (Wildman–Crippen MR) is 71.8 cm³/mol. The third-order valence-corrected chi connectivity index (χ3v) is 2.51. The monoisotopic (exact) mass is 299 g/mol. The first kappa shape index (κ1) is 16.0. The van der Waals surface area contributed by atoms with Crippen molar-refractivity contribution in [2.75, 3.05) is 6.54 Å². The molecule has 7 heteroatoms. The van der Waals surface area contributed by atoms with Gasteiger partial charge in [0.15, 0.2) is 11.5 Å². The van der Waals surface area contributed by atoms with Crippen molar-refractivity contribution in [1.29, 1.82) is 0 Å². The maximum atomic E-state index is 11.9. The number of ether oxygens (including phenoxy) is 1. The minimum atomic E-state index is -0.645. The number of para-hydroxylation sites is 1. The molecule has 0 saturated heterocycles. The maximum Gasteiger partial charge on any atom is 0.308 e. The second-order valence-electron chi connectivity index (χ2n) is 3.96. The smallest absolute Gasteiger partial charge is 0.308 e. The molecule has 0 atom stereocenters. The normalized spacial score (nSPS) is 9.90. The van der Waals surface area contributed by atoms with Gasteiger partial charge < -0.3 is 15.2 Å². The zero-order valence-corrected chi connectivity index (χ0v) is 11.6. The summed E-state index contributed by atoms with van der Waals surface area (Å²) in [7, 11) is 0. The largest absolute Gasteiger partial charge is 0.504 e. The Labute approximate surface area is 120 Å². The Kier molecular flexibility index (Phi) is 5.99. The molecule has 0 bridgehead atoms. The van der Waals surface area contributed by atoms with E-state index < -0.39 is 17.1 Å². The van der Waals surface area contributed by atoms with E-state index in [1.54, 1.807) is 0 Å². The molecule has 20 heavy (non-hydrogen) atoms. The average Bonchev–Trinajstić information content (AvgIpc) is 2.36. The third kappa shape index (κ3) is 4.89. The minimum Gasteiger partial charge on any atom is -0.504 e. The van der Waals surface area contributed by atoms with E-state index in [0.717, 1.165) is 0 Å². The molecule has 0 heterocycles. The van der Waals surface area contributed by atoms with Crippen LogP contribution in [0.25, 0.3) is 0 Å². The third-order valence-electron chi connectivity index (χ3n) is 2.32. The number of rotatable bonds is 6. The van der Waals surface area contributed by atoms with E-state index in [0.29, 0.717) is 6.42 Å². The first-order valence-corrected chi connectivity index (χ1v) is 6.26. The molecule has 0 unspecified atom stereocenters. The summed E-state index contributed by atoms with van der Waals surface area (Å²) in [6, 6.07) is 4.18. The van der Waals surface area contributed by atoms with Crippen LogP contribution in [0.3, 0.4) is 0 Å². The minimum absolute atomic E-state index is 0.0393. The van der Waals surface area contributed by atoms with Gasteiger partial charge in [-0.15, -0.1) is 0 Å². The molecular formula is C13H14ClNO5. The molecule has 0 aliphatic heterocycles. The first-order chi connectivity index (χ1) is 9.41. The zero-order chi connectivity index (χ0) is 15.1. The van der Waals surface area contributed by atoms with E-state index in [4.69, 9.17) is 16.3 Å². The second-order valence-corrected chi connectivity index (χ2v) is 4.38. The van der Waals surface area contributed by atoms with Crippen LogP contribution >= 0.6 is 11.6 Å². The molecule has 1 amide bonds. The highest BCUT2D eigenvalue weighted by molar-refractivity contribution is 6.63. The van der Waals surface area contributed by atoms with Crippen LogP contribution in [0.1, 0.15) is 30.1 Å². The summed E-state index contributed by atoms with van der Waals surface area (Å²) < 4.78 is 4.82. The lowest BCUT2D eigenvalue weighted by molar-refractivity contribution is -0.132. The summed E-state index contributed by atoms with van der Waals surface area (Å²) in [6.45, 7) is 1.41. The highest BCUT2D eigenvalue weighted by atomic mass is 35.5. The first-order valence-electron chi connectivity index (χ1n) is 5.88. The van der Waals surface area contributed by atoms with Gasteiger partial charge in [-0.1, -0.05) is 6.07 Å². The predicted octanol–water partition coefficient (Wildman–Crippen LogP) is 1.59. The van der Waals surface area contributed by atoms with Crippen molar-refractivity contribution in [2.24, 2.45) is 0 Å². The highest BCUT2D eigenvalue weighted by Gasteiger charge is 2.17. The van der Waals surface area contributed by atoms with Gasteiger partial charge in [-0.3, -0.25) is 14.4 Å². The summed E-state index contributed by atoms with van der Waals surface area (Å²) in [5.41, 5.74) is 0.0393. The fourth-order valence-corrected chi connectivity index (χ4v) is 1.61. The van der Waals surface area contributed by atoms with Crippen LogP contribution in [0.2, 0.25) is 0 Å². The second kappa shape index (κ2) is 7.49. The summed E-state index contributed by atoms with van der Waals surface area (Å²) in [4.78, 5) is 33.4. The molecule has 0 fully saturated rings. The van der Waals surface area contributed by atoms with Crippen molar-refractivity contribution in [3.05, 3.63) is 23.8 Å². The molecule has 0 spiro atoms. The van der Waals surface area contributed by atoms with Gasteiger partial charge in [0.2, 0.25) is 5.24 Å². The van der Waals surface area contributed by atoms with Crippen molar-refractivity contribution in [3.63, 3.8) is 0 Å². The average molecular weight is 300 g/mol. The summed E-state index contributed by atoms with van der Waals surface area (Å²) in [6.07, 6.45) is 0.550. The van der Waals surface area contributed by atoms with Gasteiger partial charge >= 0.3 is 5.97 Å². The van der Waals surface area contributed by atoms with Crippen LogP contribution in [-0.2, 0) is 9.59 Å². The van der Waals surface area contributed by atoms with Crippen molar-refractivity contribution in [2.45, 2.75) is 19.8 Å². The number of amides is 1. The molecule has 0 radical (unpaired) electrons. The molecule has 1 aromatic rings. The van der Waals surface area contributed by atoms with Gasteiger partial charge in [-0.2, -0.15) is 0 Å². The Morgan fingerprint density at radius 2 is 2.05 bits per heavy atom. The van der Waals surface area contributed by atoms with Gasteiger partial charge in [0.1, 0.15) is 0 Å². The maximum absolute atomic E-state index is 11.9. The molecule has 108 valence electrons. The van der Waals surface area contributed by atoms with E-state index in [2.05, 4.69) is 5.32 Å². The molecule has 6 nitrogen and oxygen atoms in total. The number of benzene rings is 1. The van der Waals surface area contributed by atoms with E-state index in [9.17, 15) is 19.5 Å². The van der Waals surface area contributed by atoms with Gasteiger partial charge in [0.25, 0.3) is 5.91 Å².